The molecular formula is C24H39FO4. The molecule has 166 valence electrons. The predicted octanol–water partition coefficient (Wildman–Crippen LogP) is 4.43. The highest BCUT2D eigenvalue weighted by Crippen LogP contribution is 2.68. The van der Waals surface area contributed by atoms with E-state index in [-0.39, 0.29) is 35.2 Å². The lowest BCUT2D eigenvalue weighted by atomic mass is 9.43. The molecule has 11 atom stereocenters. The van der Waals surface area contributed by atoms with Gasteiger partial charge in [-0.05, 0) is 97.7 Å². The Morgan fingerprint density at radius 1 is 1.07 bits per heavy atom. The normalized spacial score (nSPS) is 52.9. The first-order chi connectivity index (χ1) is 13.6. The maximum absolute atomic E-state index is 14.5. The van der Waals surface area contributed by atoms with E-state index in [1.54, 1.807) is 0 Å². The number of rotatable bonds is 4. The van der Waals surface area contributed by atoms with Crippen molar-refractivity contribution in [3.63, 3.8) is 0 Å². The number of fused-ring (bicyclic) bond motifs is 5. The summed E-state index contributed by atoms with van der Waals surface area (Å²) in [5.41, 5.74) is 0.0173. The van der Waals surface area contributed by atoms with Gasteiger partial charge in [-0.15, -0.1) is 0 Å². The number of hydrogen-bond donors (Lipinski definition) is 3. The van der Waals surface area contributed by atoms with Crippen LogP contribution in [0.3, 0.4) is 0 Å². The van der Waals surface area contributed by atoms with Gasteiger partial charge in [-0.1, -0.05) is 20.8 Å². The first kappa shape index (κ1) is 21.5. The van der Waals surface area contributed by atoms with Crippen LogP contribution in [-0.2, 0) is 4.79 Å². The Hall–Kier alpha value is -0.680. The van der Waals surface area contributed by atoms with Crippen molar-refractivity contribution in [1.29, 1.82) is 0 Å². The van der Waals surface area contributed by atoms with Crippen molar-refractivity contribution in [1.82, 2.24) is 0 Å². The molecule has 4 fully saturated rings. The summed E-state index contributed by atoms with van der Waals surface area (Å²) in [5, 5.41) is 30.4. The van der Waals surface area contributed by atoms with Crippen LogP contribution in [0.1, 0.15) is 78.6 Å². The molecule has 0 amide bonds. The fourth-order valence-corrected chi connectivity index (χ4v) is 8.73. The molecule has 0 aromatic carbocycles. The summed E-state index contributed by atoms with van der Waals surface area (Å²) in [6, 6.07) is 0. The number of carbonyl (C=O) groups is 1. The zero-order valence-electron chi connectivity index (χ0n) is 18.2. The van der Waals surface area contributed by atoms with Crippen LogP contribution in [0.5, 0.6) is 0 Å². The number of halogens is 1. The Kier molecular flexibility index (Phi) is 5.55. The average molecular weight is 411 g/mol. The van der Waals surface area contributed by atoms with Gasteiger partial charge in [0.25, 0.3) is 0 Å². The Morgan fingerprint density at radius 3 is 2.41 bits per heavy atom. The zero-order chi connectivity index (χ0) is 21.1. The second-order valence-corrected chi connectivity index (χ2v) is 11.5. The maximum Gasteiger partial charge on any atom is 0.303 e. The molecule has 0 radical (unpaired) electrons. The van der Waals surface area contributed by atoms with Gasteiger partial charge < -0.3 is 15.3 Å². The molecule has 0 saturated heterocycles. The van der Waals surface area contributed by atoms with Crippen LogP contribution in [0.25, 0.3) is 0 Å². The third-order valence-electron chi connectivity index (χ3n) is 10.2. The van der Waals surface area contributed by atoms with Gasteiger partial charge in [0.2, 0.25) is 0 Å². The SMILES string of the molecule is C[C@H](CCC(=O)O)[C@H]1CC[C@H]2[C@@H]3[C@H](O)C[C@@H]4C[C@H](O)[C@H](F)C[C@]4(C)[C@H]3CC[C@]12C. The standard InChI is InChI=1S/C24H39FO4/c1-13(4-7-21(28)29)15-5-6-16-22-17(8-9-23(15,16)2)24(3)12-18(25)19(26)10-14(24)11-20(22)27/h13-20,22,26-27H,4-12H2,1-3H3,(H,28,29)/t13-,14+,15-,16+,17+,18-,19+,20-,22+,23-,24+/m1/s1. The molecule has 4 saturated carbocycles. The van der Waals surface area contributed by atoms with Crippen LogP contribution in [0.15, 0.2) is 0 Å². The lowest BCUT2D eigenvalue weighted by Gasteiger charge is -2.62. The molecule has 4 aliphatic carbocycles. The Labute approximate surface area is 174 Å². The van der Waals surface area contributed by atoms with E-state index in [4.69, 9.17) is 5.11 Å². The van der Waals surface area contributed by atoms with Crippen LogP contribution < -0.4 is 0 Å². The number of alkyl halides is 1. The quantitative estimate of drug-likeness (QED) is 0.641. The summed E-state index contributed by atoms with van der Waals surface area (Å²) in [5.74, 6) is 1.35. The van der Waals surface area contributed by atoms with E-state index in [9.17, 15) is 19.4 Å². The number of aliphatic carboxylic acids is 1. The molecule has 4 rings (SSSR count). The van der Waals surface area contributed by atoms with E-state index >= 15 is 0 Å². The summed E-state index contributed by atoms with van der Waals surface area (Å²) >= 11 is 0. The van der Waals surface area contributed by atoms with Crippen LogP contribution in [0.4, 0.5) is 4.39 Å². The molecule has 5 heteroatoms. The Bertz CT molecular complexity index is 640. The lowest BCUT2D eigenvalue weighted by Crippen LogP contribution is -2.60. The van der Waals surface area contributed by atoms with E-state index in [2.05, 4.69) is 20.8 Å². The first-order valence-corrected chi connectivity index (χ1v) is 11.8. The van der Waals surface area contributed by atoms with Gasteiger partial charge in [-0.3, -0.25) is 4.79 Å². The van der Waals surface area contributed by atoms with Gasteiger partial charge in [0.1, 0.15) is 6.17 Å². The van der Waals surface area contributed by atoms with Gasteiger partial charge >= 0.3 is 5.97 Å². The van der Waals surface area contributed by atoms with Gasteiger partial charge in [-0.2, -0.15) is 0 Å². The highest BCUT2D eigenvalue weighted by Gasteiger charge is 2.63. The number of carboxylic acids is 1. The maximum atomic E-state index is 14.5. The van der Waals surface area contributed by atoms with Crippen molar-refractivity contribution in [3.05, 3.63) is 0 Å². The van der Waals surface area contributed by atoms with Gasteiger partial charge in [0.15, 0.2) is 0 Å². The molecule has 0 aliphatic heterocycles. The molecule has 0 heterocycles. The minimum atomic E-state index is -1.15. The summed E-state index contributed by atoms with van der Waals surface area (Å²) in [6.45, 7) is 6.81. The molecule has 4 aliphatic rings. The Balaban J connectivity index is 1.57. The number of aliphatic hydroxyl groups excluding tert-OH is 2. The topological polar surface area (TPSA) is 77.8 Å². The van der Waals surface area contributed by atoms with Gasteiger partial charge in [0, 0.05) is 6.42 Å². The molecule has 3 N–H and O–H groups in total. The van der Waals surface area contributed by atoms with Crippen molar-refractivity contribution in [3.8, 4) is 0 Å². The molecule has 0 aromatic rings. The number of aliphatic hydroxyl groups is 2. The average Bonchev–Trinajstić information content (AvgIpc) is 2.99. The monoisotopic (exact) mass is 410 g/mol. The zero-order valence-corrected chi connectivity index (χ0v) is 18.2. The molecule has 0 spiro atoms. The van der Waals surface area contributed by atoms with Crippen LogP contribution in [0, 0.1) is 46.3 Å². The lowest BCUT2D eigenvalue weighted by molar-refractivity contribution is -0.186. The van der Waals surface area contributed by atoms with E-state index in [0.717, 1.165) is 32.1 Å². The number of carboxylic acid groups (broad SMARTS) is 1. The van der Waals surface area contributed by atoms with Gasteiger partial charge in [-0.25, -0.2) is 4.39 Å². The van der Waals surface area contributed by atoms with Crippen molar-refractivity contribution in [2.75, 3.05) is 0 Å². The summed E-state index contributed by atoms with van der Waals surface area (Å²) in [6.07, 6.45) is 4.48. The fraction of sp³-hybridized carbons (Fsp3) is 0.958. The van der Waals surface area contributed by atoms with E-state index in [1.807, 2.05) is 0 Å². The van der Waals surface area contributed by atoms with Crippen molar-refractivity contribution < 1.29 is 24.5 Å². The molecule has 4 nitrogen and oxygen atoms in total. The van der Waals surface area contributed by atoms with E-state index in [1.165, 1.54) is 0 Å². The second kappa shape index (κ2) is 7.47. The summed E-state index contributed by atoms with van der Waals surface area (Å²) < 4.78 is 14.5. The molecule has 29 heavy (non-hydrogen) atoms. The summed E-state index contributed by atoms with van der Waals surface area (Å²) in [7, 11) is 0. The Morgan fingerprint density at radius 2 is 1.72 bits per heavy atom. The number of hydrogen-bond acceptors (Lipinski definition) is 3. The van der Waals surface area contributed by atoms with Crippen molar-refractivity contribution >= 4 is 5.97 Å². The first-order valence-electron chi connectivity index (χ1n) is 11.8. The predicted molar refractivity (Wildman–Crippen MR) is 109 cm³/mol. The van der Waals surface area contributed by atoms with Crippen LogP contribution in [-0.4, -0.2) is 39.7 Å². The van der Waals surface area contributed by atoms with E-state index < -0.39 is 18.2 Å². The molecule has 0 aromatic heterocycles. The van der Waals surface area contributed by atoms with Gasteiger partial charge in [0.05, 0.1) is 12.2 Å². The van der Waals surface area contributed by atoms with Crippen LogP contribution >= 0.6 is 0 Å². The largest absolute Gasteiger partial charge is 0.481 e. The second-order valence-electron chi connectivity index (χ2n) is 11.5. The highest BCUT2D eigenvalue weighted by atomic mass is 19.1. The minimum absolute atomic E-state index is 0.128. The smallest absolute Gasteiger partial charge is 0.303 e. The van der Waals surface area contributed by atoms with Crippen molar-refractivity contribution in [2.45, 2.75) is 96.9 Å². The third-order valence-corrected chi connectivity index (χ3v) is 10.2. The highest BCUT2D eigenvalue weighted by molar-refractivity contribution is 5.66. The van der Waals surface area contributed by atoms with Crippen LogP contribution in [0.2, 0.25) is 0 Å². The molecule has 0 unspecified atom stereocenters. The molecule has 0 bridgehead atoms. The van der Waals surface area contributed by atoms with Crippen molar-refractivity contribution in [2.24, 2.45) is 46.3 Å². The minimum Gasteiger partial charge on any atom is -0.481 e. The fourth-order valence-electron chi connectivity index (χ4n) is 8.73. The summed E-state index contributed by atoms with van der Waals surface area (Å²) in [4.78, 5) is 11.0. The molecular weight excluding hydrogens is 371 g/mol. The third kappa shape index (κ3) is 3.35. The van der Waals surface area contributed by atoms with E-state index in [0.29, 0.717) is 42.9 Å².